The van der Waals surface area contributed by atoms with Gasteiger partial charge in [0.2, 0.25) is 0 Å². The summed E-state index contributed by atoms with van der Waals surface area (Å²) in [5, 5.41) is 0. The van der Waals surface area contributed by atoms with Crippen molar-refractivity contribution >= 4 is 5.82 Å². The molecule has 2 N–H and O–H groups in total. The summed E-state index contributed by atoms with van der Waals surface area (Å²) in [5.74, 6) is 1.10. The highest BCUT2D eigenvalue weighted by Crippen LogP contribution is 2.31. The van der Waals surface area contributed by atoms with Crippen molar-refractivity contribution in [2.75, 3.05) is 24.5 Å². The van der Waals surface area contributed by atoms with Crippen LogP contribution in [-0.2, 0) is 5.41 Å². The maximum atomic E-state index is 5.86. The number of aromatic nitrogens is 1. The van der Waals surface area contributed by atoms with Gasteiger partial charge in [-0.3, -0.25) is 0 Å². The van der Waals surface area contributed by atoms with E-state index >= 15 is 0 Å². The van der Waals surface area contributed by atoms with E-state index in [1.165, 1.54) is 5.56 Å². The van der Waals surface area contributed by atoms with Crippen molar-refractivity contribution in [3.05, 3.63) is 23.9 Å². The van der Waals surface area contributed by atoms with Crippen LogP contribution in [0.2, 0.25) is 0 Å². The predicted octanol–water partition coefficient (Wildman–Crippen LogP) is 2.94. The van der Waals surface area contributed by atoms with Crippen molar-refractivity contribution in [1.82, 2.24) is 4.98 Å². The van der Waals surface area contributed by atoms with Crippen LogP contribution in [0.1, 0.15) is 46.1 Å². The fraction of sp³-hybridized carbons (Fsp3) is 0.688. The monoisotopic (exact) mass is 261 g/mol. The molecular formula is C16H27N3. The molecule has 2 heterocycles. The summed E-state index contributed by atoms with van der Waals surface area (Å²) < 4.78 is 0. The molecule has 1 aliphatic heterocycles. The number of anilines is 1. The third-order valence-electron chi connectivity index (χ3n) is 4.40. The van der Waals surface area contributed by atoms with E-state index in [0.29, 0.717) is 5.41 Å². The van der Waals surface area contributed by atoms with Gasteiger partial charge in [-0.25, -0.2) is 4.98 Å². The minimum absolute atomic E-state index is 0.172. The maximum absolute atomic E-state index is 5.86. The minimum Gasteiger partial charge on any atom is -0.357 e. The third kappa shape index (κ3) is 3.27. The second-order valence-electron chi connectivity index (χ2n) is 7.16. The second-order valence-corrected chi connectivity index (χ2v) is 7.16. The normalized spacial score (nSPS) is 19.5. The van der Waals surface area contributed by atoms with Gasteiger partial charge in [0.15, 0.2) is 0 Å². The molecule has 1 aliphatic rings. The summed E-state index contributed by atoms with van der Waals surface area (Å²) in [6.07, 6.45) is 4.34. The number of nitrogens with zero attached hydrogens (tertiary/aromatic N) is 2. The molecule has 0 aliphatic carbocycles. The zero-order valence-electron chi connectivity index (χ0n) is 12.7. The quantitative estimate of drug-likeness (QED) is 0.890. The first-order valence-corrected chi connectivity index (χ1v) is 7.26. The van der Waals surface area contributed by atoms with E-state index in [9.17, 15) is 0 Å². The van der Waals surface area contributed by atoms with Crippen LogP contribution in [-0.4, -0.2) is 24.6 Å². The Bertz CT molecular complexity index is 409. The van der Waals surface area contributed by atoms with E-state index in [0.717, 1.165) is 38.3 Å². The topological polar surface area (TPSA) is 42.1 Å². The molecule has 0 bridgehead atoms. The summed E-state index contributed by atoms with van der Waals surface area (Å²) in [7, 11) is 0. The Hall–Kier alpha value is -1.09. The number of nitrogens with two attached hydrogens (primary N) is 1. The van der Waals surface area contributed by atoms with Gasteiger partial charge in [-0.1, -0.05) is 33.8 Å². The Morgan fingerprint density at radius 1 is 1.26 bits per heavy atom. The lowest BCUT2D eigenvalue weighted by Crippen LogP contribution is -2.42. The van der Waals surface area contributed by atoms with Crippen LogP contribution in [0, 0.1) is 5.41 Å². The van der Waals surface area contributed by atoms with E-state index < -0.39 is 0 Å². The SMILES string of the molecule is CC1(CN)CCN(c2ccc(C(C)(C)C)cn2)CC1. The summed E-state index contributed by atoms with van der Waals surface area (Å²) in [4.78, 5) is 7.02. The average Bonchev–Trinajstić information content (AvgIpc) is 2.39. The lowest BCUT2D eigenvalue weighted by molar-refractivity contribution is 0.258. The summed E-state index contributed by atoms with van der Waals surface area (Å²) >= 11 is 0. The molecule has 0 amide bonds. The predicted molar refractivity (Wildman–Crippen MR) is 81.5 cm³/mol. The van der Waals surface area contributed by atoms with Crippen LogP contribution in [0.15, 0.2) is 18.3 Å². The molecular weight excluding hydrogens is 234 g/mol. The fourth-order valence-electron chi connectivity index (χ4n) is 2.50. The van der Waals surface area contributed by atoms with E-state index in [-0.39, 0.29) is 5.41 Å². The zero-order chi connectivity index (χ0) is 14.1. The zero-order valence-corrected chi connectivity index (χ0v) is 12.7. The van der Waals surface area contributed by atoms with E-state index in [1.807, 2.05) is 6.20 Å². The number of pyridine rings is 1. The largest absolute Gasteiger partial charge is 0.357 e. The first-order valence-electron chi connectivity index (χ1n) is 7.26. The number of hydrogen-bond acceptors (Lipinski definition) is 3. The molecule has 0 unspecified atom stereocenters. The van der Waals surface area contributed by atoms with E-state index in [4.69, 9.17) is 5.73 Å². The van der Waals surface area contributed by atoms with Crippen molar-refractivity contribution in [2.45, 2.75) is 46.0 Å². The summed E-state index contributed by atoms with van der Waals surface area (Å²) in [6.45, 7) is 11.9. The van der Waals surface area contributed by atoms with Gasteiger partial charge in [0.05, 0.1) is 0 Å². The first kappa shape index (κ1) is 14.3. The molecule has 0 saturated carbocycles. The molecule has 1 fully saturated rings. The fourth-order valence-corrected chi connectivity index (χ4v) is 2.50. The van der Waals surface area contributed by atoms with Crippen molar-refractivity contribution in [3.8, 4) is 0 Å². The summed E-state index contributed by atoms with van der Waals surface area (Å²) in [6, 6.07) is 4.37. The first-order chi connectivity index (χ1) is 8.84. The minimum atomic E-state index is 0.172. The molecule has 3 heteroatoms. The van der Waals surface area contributed by atoms with Gasteiger partial charge in [0, 0.05) is 19.3 Å². The molecule has 1 aromatic rings. The van der Waals surface area contributed by atoms with Gasteiger partial charge in [-0.15, -0.1) is 0 Å². The molecule has 106 valence electrons. The molecule has 0 radical (unpaired) electrons. The highest BCUT2D eigenvalue weighted by molar-refractivity contribution is 5.41. The molecule has 0 spiro atoms. The van der Waals surface area contributed by atoms with Crippen molar-refractivity contribution in [1.29, 1.82) is 0 Å². The molecule has 1 aromatic heterocycles. The maximum Gasteiger partial charge on any atom is 0.128 e. The van der Waals surface area contributed by atoms with Gasteiger partial charge in [0.25, 0.3) is 0 Å². The Labute approximate surface area is 117 Å². The van der Waals surface area contributed by atoms with E-state index in [2.05, 4.69) is 49.7 Å². The van der Waals surface area contributed by atoms with Gasteiger partial charge < -0.3 is 10.6 Å². The van der Waals surface area contributed by atoms with E-state index in [1.54, 1.807) is 0 Å². The Morgan fingerprint density at radius 2 is 1.89 bits per heavy atom. The third-order valence-corrected chi connectivity index (χ3v) is 4.40. The van der Waals surface area contributed by atoms with Crippen molar-refractivity contribution in [3.63, 3.8) is 0 Å². The van der Waals surface area contributed by atoms with Crippen LogP contribution >= 0.6 is 0 Å². The number of piperidine rings is 1. The van der Waals surface area contributed by atoms with Crippen molar-refractivity contribution < 1.29 is 0 Å². The van der Waals surface area contributed by atoms with Crippen LogP contribution in [0.25, 0.3) is 0 Å². The molecule has 2 rings (SSSR count). The molecule has 0 atom stereocenters. The Kier molecular flexibility index (Phi) is 3.86. The molecule has 1 saturated heterocycles. The van der Waals surface area contributed by atoms with Gasteiger partial charge in [-0.05, 0) is 41.8 Å². The highest BCUT2D eigenvalue weighted by atomic mass is 15.2. The molecule has 0 aromatic carbocycles. The number of hydrogen-bond donors (Lipinski definition) is 1. The Morgan fingerprint density at radius 3 is 2.32 bits per heavy atom. The van der Waals surface area contributed by atoms with Crippen LogP contribution < -0.4 is 10.6 Å². The standard InChI is InChI=1S/C16H27N3/c1-15(2,3)13-5-6-14(18-11-13)19-9-7-16(4,12-17)8-10-19/h5-6,11H,7-10,12,17H2,1-4H3. The second kappa shape index (κ2) is 5.12. The summed E-state index contributed by atoms with van der Waals surface area (Å²) in [5.41, 5.74) is 7.64. The van der Waals surface area contributed by atoms with Crippen LogP contribution in [0.5, 0.6) is 0 Å². The lowest BCUT2D eigenvalue weighted by atomic mass is 9.80. The van der Waals surface area contributed by atoms with Gasteiger partial charge in [0.1, 0.15) is 5.82 Å². The lowest BCUT2D eigenvalue weighted by Gasteiger charge is -2.39. The van der Waals surface area contributed by atoms with Crippen LogP contribution in [0.4, 0.5) is 5.82 Å². The Balaban J connectivity index is 2.04. The van der Waals surface area contributed by atoms with Crippen LogP contribution in [0.3, 0.4) is 0 Å². The average molecular weight is 261 g/mol. The van der Waals surface area contributed by atoms with Gasteiger partial charge >= 0.3 is 0 Å². The molecule has 3 nitrogen and oxygen atoms in total. The van der Waals surface area contributed by atoms with Crippen molar-refractivity contribution in [2.24, 2.45) is 11.1 Å². The van der Waals surface area contributed by atoms with Gasteiger partial charge in [-0.2, -0.15) is 0 Å². The molecule has 19 heavy (non-hydrogen) atoms. The number of rotatable bonds is 2. The smallest absolute Gasteiger partial charge is 0.128 e. The highest BCUT2D eigenvalue weighted by Gasteiger charge is 2.29.